The molecule has 1 aromatic heterocycles. The van der Waals surface area contributed by atoms with Gasteiger partial charge in [-0.05, 0) is 37.6 Å². The number of nitrogens with two attached hydrogens (primary N) is 1. The molecular weight excluding hydrogens is 334 g/mol. The molecule has 112 valence electrons. The van der Waals surface area contributed by atoms with Crippen LogP contribution in [0.25, 0.3) is 5.69 Å². The van der Waals surface area contributed by atoms with Crippen molar-refractivity contribution < 1.29 is 9.53 Å². The Labute approximate surface area is 132 Å². The van der Waals surface area contributed by atoms with Crippen LogP contribution >= 0.6 is 15.9 Å². The normalized spacial score (nSPS) is 10.7. The summed E-state index contributed by atoms with van der Waals surface area (Å²) in [5.74, 6) is 0.565. The van der Waals surface area contributed by atoms with Gasteiger partial charge in [-0.2, -0.15) is 0 Å². The zero-order chi connectivity index (χ0) is 15.6. The van der Waals surface area contributed by atoms with Crippen LogP contribution in [-0.4, -0.2) is 22.1 Å². The van der Waals surface area contributed by atoms with Gasteiger partial charge in [0.2, 0.25) is 0 Å². The van der Waals surface area contributed by atoms with Gasteiger partial charge >= 0.3 is 5.97 Å². The van der Waals surface area contributed by atoms with Crippen LogP contribution in [0, 0.1) is 6.92 Å². The van der Waals surface area contributed by atoms with Crippen LogP contribution in [0.2, 0.25) is 0 Å². The molecule has 0 aliphatic carbocycles. The summed E-state index contributed by atoms with van der Waals surface area (Å²) < 4.78 is 7.81. The highest BCUT2D eigenvalue weighted by molar-refractivity contribution is 9.10. The van der Waals surface area contributed by atoms with Crippen molar-refractivity contribution in [3.63, 3.8) is 0 Å². The first-order valence-corrected chi connectivity index (χ1v) is 7.59. The first kappa shape index (κ1) is 15.6. The number of esters is 1. The molecule has 0 aliphatic heterocycles. The molecule has 0 radical (unpaired) electrons. The van der Waals surface area contributed by atoms with Crippen LogP contribution in [0.4, 0.5) is 5.82 Å². The minimum absolute atomic E-state index is 0.177. The number of halogens is 1. The lowest BCUT2D eigenvalue weighted by Gasteiger charge is -2.12. The molecule has 0 saturated carbocycles. The number of aromatic nitrogens is 2. The monoisotopic (exact) mass is 351 g/mol. The average Bonchev–Trinajstić information content (AvgIpc) is 2.76. The summed E-state index contributed by atoms with van der Waals surface area (Å²) in [6, 6.07) is 5.88. The smallest absolute Gasteiger partial charge is 0.360 e. The lowest BCUT2D eigenvalue weighted by molar-refractivity contribution is 0.0521. The highest BCUT2D eigenvalue weighted by atomic mass is 79.9. The molecule has 5 nitrogen and oxygen atoms in total. The summed E-state index contributed by atoms with van der Waals surface area (Å²) in [5.41, 5.74) is 8.27. The van der Waals surface area contributed by atoms with Crippen molar-refractivity contribution in [2.75, 3.05) is 12.3 Å². The van der Waals surface area contributed by atoms with E-state index in [4.69, 9.17) is 10.5 Å². The van der Waals surface area contributed by atoms with Gasteiger partial charge in [-0.3, -0.25) is 4.57 Å². The fourth-order valence-corrected chi connectivity index (χ4v) is 2.68. The summed E-state index contributed by atoms with van der Waals surface area (Å²) in [4.78, 5) is 16.3. The van der Waals surface area contributed by atoms with E-state index in [0.717, 1.165) is 21.5 Å². The Kier molecular flexibility index (Phi) is 4.67. The predicted octanol–water partition coefficient (Wildman–Crippen LogP) is 3.26. The summed E-state index contributed by atoms with van der Waals surface area (Å²) >= 11 is 3.44. The number of nitrogens with zero attached hydrogens (tertiary/aromatic N) is 2. The summed E-state index contributed by atoms with van der Waals surface area (Å²) in [6.07, 6.45) is 0.666. The van der Waals surface area contributed by atoms with E-state index in [1.54, 1.807) is 6.92 Å². The minimum atomic E-state index is -0.488. The number of hydrogen-bond donors (Lipinski definition) is 1. The van der Waals surface area contributed by atoms with Crippen molar-refractivity contribution in [3.8, 4) is 5.69 Å². The third-order valence-corrected chi connectivity index (χ3v) is 3.66. The molecule has 2 N–H and O–H groups in total. The highest BCUT2D eigenvalue weighted by Gasteiger charge is 2.22. The lowest BCUT2D eigenvalue weighted by atomic mass is 10.2. The minimum Gasteiger partial charge on any atom is -0.461 e. The van der Waals surface area contributed by atoms with Gasteiger partial charge < -0.3 is 10.5 Å². The molecule has 0 unspecified atom stereocenters. The van der Waals surface area contributed by atoms with Crippen LogP contribution in [0.1, 0.15) is 35.7 Å². The number of carbonyl (C=O) groups excluding carboxylic acids is 1. The van der Waals surface area contributed by atoms with E-state index in [2.05, 4.69) is 20.9 Å². The molecular formula is C15H18BrN3O2. The quantitative estimate of drug-likeness (QED) is 0.858. The number of anilines is 1. The summed E-state index contributed by atoms with van der Waals surface area (Å²) in [5, 5.41) is 0. The Balaban J connectivity index is 2.60. The van der Waals surface area contributed by atoms with Gasteiger partial charge in [-0.15, -0.1) is 0 Å². The van der Waals surface area contributed by atoms with E-state index < -0.39 is 5.97 Å². The molecule has 0 saturated heterocycles. The zero-order valence-electron chi connectivity index (χ0n) is 12.3. The van der Waals surface area contributed by atoms with Crippen LogP contribution in [0.5, 0.6) is 0 Å². The maximum absolute atomic E-state index is 11.9. The van der Waals surface area contributed by atoms with Crippen molar-refractivity contribution in [2.24, 2.45) is 0 Å². The third kappa shape index (κ3) is 2.95. The lowest BCUT2D eigenvalue weighted by Crippen LogP contribution is -2.10. The van der Waals surface area contributed by atoms with E-state index >= 15 is 0 Å². The van der Waals surface area contributed by atoms with E-state index in [1.807, 2.05) is 36.6 Å². The molecule has 6 heteroatoms. The van der Waals surface area contributed by atoms with E-state index in [-0.39, 0.29) is 5.69 Å². The molecule has 21 heavy (non-hydrogen) atoms. The number of carbonyl (C=O) groups is 1. The van der Waals surface area contributed by atoms with Gasteiger partial charge in [-0.1, -0.05) is 22.9 Å². The average molecular weight is 352 g/mol. The van der Waals surface area contributed by atoms with Crippen molar-refractivity contribution in [1.82, 2.24) is 9.55 Å². The van der Waals surface area contributed by atoms with E-state index in [9.17, 15) is 4.79 Å². The van der Waals surface area contributed by atoms with Crippen molar-refractivity contribution >= 4 is 27.7 Å². The molecule has 0 aliphatic rings. The zero-order valence-corrected chi connectivity index (χ0v) is 13.9. The summed E-state index contributed by atoms with van der Waals surface area (Å²) in [7, 11) is 0. The van der Waals surface area contributed by atoms with Gasteiger partial charge in [-0.25, -0.2) is 9.78 Å². The number of benzene rings is 1. The molecule has 0 bridgehead atoms. The molecule has 2 rings (SSSR count). The van der Waals surface area contributed by atoms with Gasteiger partial charge in [0.1, 0.15) is 11.6 Å². The second kappa shape index (κ2) is 6.30. The fourth-order valence-electron chi connectivity index (χ4n) is 2.21. The van der Waals surface area contributed by atoms with Crippen LogP contribution in [0.3, 0.4) is 0 Å². The van der Waals surface area contributed by atoms with Crippen LogP contribution < -0.4 is 5.73 Å². The molecule has 0 atom stereocenters. The van der Waals surface area contributed by atoms with E-state index in [0.29, 0.717) is 18.8 Å². The second-order valence-corrected chi connectivity index (χ2v) is 5.52. The molecule has 0 spiro atoms. The van der Waals surface area contributed by atoms with Gasteiger partial charge in [0.05, 0.1) is 12.3 Å². The van der Waals surface area contributed by atoms with Gasteiger partial charge in [0.25, 0.3) is 0 Å². The number of rotatable bonds is 4. The highest BCUT2D eigenvalue weighted by Crippen LogP contribution is 2.26. The molecule has 0 amide bonds. The number of nitrogen functional groups attached to an aromatic ring is 1. The fraction of sp³-hybridized carbons (Fsp3) is 0.333. The largest absolute Gasteiger partial charge is 0.461 e. The Hall–Kier alpha value is -1.82. The number of ether oxygens (including phenoxy) is 1. The molecule has 2 aromatic rings. The first-order chi connectivity index (χ1) is 9.99. The third-order valence-electron chi connectivity index (χ3n) is 3.17. The molecule has 1 heterocycles. The van der Waals surface area contributed by atoms with Crippen LogP contribution in [-0.2, 0) is 11.2 Å². The summed E-state index contributed by atoms with van der Waals surface area (Å²) in [6.45, 7) is 6.01. The number of imidazole rings is 1. The topological polar surface area (TPSA) is 70.1 Å². The Morgan fingerprint density at radius 3 is 2.71 bits per heavy atom. The Morgan fingerprint density at radius 1 is 1.43 bits per heavy atom. The van der Waals surface area contributed by atoms with Crippen molar-refractivity contribution in [2.45, 2.75) is 27.2 Å². The molecule has 1 aromatic carbocycles. The maximum Gasteiger partial charge on any atom is 0.360 e. The van der Waals surface area contributed by atoms with Gasteiger partial charge in [0, 0.05) is 10.9 Å². The maximum atomic E-state index is 11.9. The first-order valence-electron chi connectivity index (χ1n) is 6.80. The second-order valence-electron chi connectivity index (χ2n) is 4.60. The van der Waals surface area contributed by atoms with Crippen LogP contribution in [0.15, 0.2) is 22.7 Å². The van der Waals surface area contributed by atoms with Crippen molar-refractivity contribution in [1.29, 1.82) is 0 Å². The Bertz CT molecular complexity index is 680. The van der Waals surface area contributed by atoms with Gasteiger partial charge in [0.15, 0.2) is 5.69 Å². The number of hydrogen-bond acceptors (Lipinski definition) is 4. The van der Waals surface area contributed by atoms with E-state index in [1.165, 1.54) is 0 Å². The standard InChI is InChI=1S/C15H18BrN3O2/c1-4-12-18-13(15(20)21-5-2)14(17)19(12)11-7-6-10(16)8-9(11)3/h6-8H,4-5,17H2,1-3H3. The predicted molar refractivity (Wildman–Crippen MR) is 85.7 cm³/mol. The molecule has 0 fully saturated rings. The number of aryl methyl sites for hydroxylation is 2. The van der Waals surface area contributed by atoms with Crippen molar-refractivity contribution in [3.05, 3.63) is 39.8 Å². The SMILES string of the molecule is CCOC(=O)c1nc(CC)n(-c2ccc(Br)cc2C)c1N. The Morgan fingerprint density at radius 2 is 2.14 bits per heavy atom.